The topological polar surface area (TPSA) is 89.7 Å². The van der Waals surface area contributed by atoms with Gasteiger partial charge in [0.2, 0.25) is 0 Å². The van der Waals surface area contributed by atoms with Gasteiger partial charge < -0.3 is 4.74 Å². The maximum atomic E-state index is 13.6. The number of aromatic nitrogens is 4. The second kappa shape index (κ2) is 8.57. The average molecular weight is 492 g/mol. The van der Waals surface area contributed by atoms with Gasteiger partial charge in [0.25, 0.3) is 21.7 Å². The molecule has 0 aliphatic carbocycles. The summed E-state index contributed by atoms with van der Waals surface area (Å²) in [4.78, 5) is 8.79. The smallest absolute Gasteiger partial charge is 0.267 e. The van der Waals surface area contributed by atoms with E-state index in [9.17, 15) is 8.42 Å². The number of fused-ring (bicyclic) bond motifs is 1. The largest absolute Gasteiger partial charge is 0.497 e. The van der Waals surface area contributed by atoms with Gasteiger partial charge in [-0.2, -0.15) is 9.50 Å². The Bertz CT molecular complexity index is 1410. The molecule has 0 spiro atoms. The van der Waals surface area contributed by atoms with Crippen molar-refractivity contribution in [3.8, 4) is 5.75 Å². The Morgan fingerprint density at radius 2 is 1.78 bits per heavy atom. The van der Waals surface area contributed by atoms with E-state index in [-0.39, 0.29) is 23.2 Å². The van der Waals surface area contributed by atoms with Crippen LogP contribution in [-0.4, -0.2) is 35.1 Å². The highest BCUT2D eigenvalue weighted by molar-refractivity contribution is 7.92. The van der Waals surface area contributed by atoms with Crippen LogP contribution in [0.1, 0.15) is 17.0 Å². The molecule has 0 bridgehead atoms. The maximum absolute atomic E-state index is 13.6. The van der Waals surface area contributed by atoms with Gasteiger partial charge in [-0.05, 0) is 55.8 Å². The maximum Gasteiger partial charge on any atom is 0.267 e. The normalized spacial score (nSPS) is 11.7. The van der Waals surface area contributed by atoms with Crippen molar-refractivity contribution in [1.82, 2.24) is 19.6 Å². The fourth-order valence-electron chi connectivity index (χ4n) is 3.18. The van der Waals surface area contributed by atoms with Crippen LogP contribution in [0.4, 0.5) is 5.95 Å². The Morgan fingerprint density at radius 3 is 2.47 bits per heavy atom. The summed E-state index contributed by atoms with van der Waals surface area (Å²) < 4.78 is 35.1. The van der Waals surface area contributed by atoms with E-state index < -0.39 is 10.0 Å². The minimum absolute atomic E-state index is 0.0230. The van der Waals surface area contributed by atoms with E-state index in [1.807, 2.05) is 0 Å². The highest BCUT2D eigenvalue weighted by Gasteiger charge is 2.29. The molecule has 0 N–H and O–H groups in total. The van der Waals surface area contributed by atoms with E-state index in [4.69, 9.17) is 27.9 Å². The Kier molecular flexibility index (Phi) is 5.98. The number of methoxy groups -OCH3 is 1. The number of rotatable bonds is 6. The van der Waals surface area contributed by atoms with Crippen LogP contribution in [-0.2, 0) is 16.6 Å². The van der Waals surface area contributed by atoms with Crippen molar-refractivity contribution >= 4 is 45.0 Å². The molecular weight excluding hydrogens is 473 g/mol. The summed E-state index contributed by atoms with van der Waals surface area (Å²) in [6, 6.07) is 13.0. The Balaban J connectivity index is 1.88. The number of halogens is 2. The van der Waals surface area contributed by atoms with Crippen LogP contribution in [0.5, 0.6) is 5.75 Å². The molecule has 0 saturated heterocycles. The lowest BCUT2D eigenvalue weighted by Crippen LogP contribution is -2.31. The molecule has 0 fully saturated rings. The molecule has 0 amide bonds. The summed E-state index contributed by atoms with van der Waals surface area (Å²) in [5.74, 6) is 0.829. The lowest BCUT2D eigenvalue weighted by molar-refractivity contribution is 0.414. The number of sulfonamides is 1. The number of hydrogen-bond acceptors (Lipinski definition) is 6. The van der Waals surface area contributed by atoms with Gasteiger partial charge in [0, 0.05) is 5.02 Å². The SMILES string of the molecule is COc1cccc(CN(c2nc3nc(C)c(Cl)c(C)n3n2)S(=O)(=O)c2ccc(Cl)cc2)c1. The van der Waals surface area contributed by atoms with Gasteiger partial charge in [0.05, 0.1) is 35.0 Å². The predicted molar refractivity (Wildman–Crippen MR) is 123 cm³/mol. The number of nitrogens with zero attached hydrogens (tertiary/aromatic N) is 5. The fourth-order valence-corrected chi connectivity index (χ4v) is 4.78. The zero-order valence-corrected chi connectivity index (χ0v) is 19.8. The molecule has 2 aromatic carbocycles. The minimum Gasteiger partial charge on any atom is -0.497 e. The molecule has 0 unspecified atom stereocenters. The van der Waals surface area contributed by atoms with Crippen molar-refractivity contribution in [2.24, 2.45) is 0 Å². The van der Waals surface area contributed by atoms with Crippen molar-refractivity contribution in [2.45, 2.75) is 25.3 Å². The van der Waals surface area contributed by atoms with E-state index in [1.165, 1.54) is 28.8 Å². The van der Waals surface area contributed by atoms with E-state index in [0.29, 0.717) is 32.7 Å². The molecule has 4 aromatic rings. The zero-order valence-electron chi connectivity index (χ0n) is 17.5. The number of hydrogen-bond donors (Lipinski definition) is 0. The summed E-state index contributed by atoms with van der Waals surface area (Å²) in [5.41, 5.74) is 1.88. The third kappa shape index (κ3) is 4.11. The predicted octanol–water partition coefficient (Wildman–Crippen LogP) is 4.45. The highest BCUT2D eigenvalue weighted by Crippen LogP contribution is 2.27. The summed E-state index contributed by atoms with van der Waals surface area (Å²) in [5, 5.41) is 5.28. The van der Waals surface area contributed by atoms with Gasteiger partial charge in [-0.3, -0.25) is 0 Å². The zero-order chi connectivity index (χ0) is 23.0. The number of ether oxygens (including phenoxy) is 1. The third-order valence-electron chi connectivity index (χ3n) is 4.88. The first-order valence-electron chi connectivity index (χ1n) is 9.51. The molecule has 0 atom stereocenters. The van der Waals surface area contributed by atoms with Crippen molar-refractivity contribution in [1.29, 1.82) is 0 Å². The van der Waals surface area contributed by atoms with Crippen LogP contribution in [0, 0.1) is 13.8 Å². The van der Waals surface area contributed by atoms with Crippen LogP contribution < -0.4 is 9.04 Å². The molecule has 32 heavy (non-hydrogen) atoms. The van der Waals surface area contributed by atoms with Gasteiger partial charge in [-0.25, -0.2) is 17.7 Å². The molecule has 0 radical (unpaired) electrons. The molecule has 8 nitrogen and oxygen atoms in total. The van der Waals surface area contributed by atoms with E-state index >= 15 is 0 Å². The molecule has 166 valence electrons. The standard InChI is InChI=1S/C21H19Cl2N5O3S/c1-13-19(23)14(2)28-20(24-13)25-21(26-28)27(12-15-5-4-6-17(11-15)31-3)32(29,30)18-9-7-16(22)8-10-18/h4-11H,12H2,1-3H3. The summed E-state index contributed by atoms with van der Waals surface area (Å²) in [7, 11) is -2.49. The lowest BCUT2D eigenvalue weighted by atomic mass is 10.2. The van der Waals surface area contributed by atoms with E-state index in [0.717, 1.165) is 4.31 Å². The van der Waals surface area contributed by atoms with Crippen LogP contribution in [0.25, 0.3) is 5.78 Å². The number of aryl methyl sites for hydroxylation is 2. The molecule has 0 aliphatic rings. The van der Waals surface area contributed by atoms with Crippen LogP contribution in [0.15, 0.2) is 53.4 Å². The second-order valence-corrected chi connectivity index (χ2v) is 9.71. The second-order valence-electron chi connectivity index (χ2n) is 7.04. The summed E-state index contributed by atoms with van der Waals surface area (Å²) >= 11 is 12.3. The molecular formula is C21H19Cl2N5O3S. The van der Waals surface area contributed by atoms with E-state index in [1.54, 1.807) is 45.2 Å². The first-order chi connectivity index (χ1) is 15.2. The first kappa shape index (κ1) is 22.3. The molecule has 11 heteroatoms. The van der Waals surface area contributed by atoms with Gasteiger partial charge in [-0.1, -0.05) is 35.3 Å². The lowest BCUT2D eigenvalue weighted by Gasteiger charge is -2.21. The van der Waals surface area contributed by atoms with Gasteiger partial charge >= 0.3 is 0 Å². The molecule has 4 rings (SSSR count). The molecule has 2 heterocycles. The summed E-state index contributed by atoms with van der Waals surface area (Å²) in [6.45, 7) is 3.50. The van der Waals surface area contributed by atoms with Crippen molar-refractivity contribution in [2.75, 3.05) is 11.4 Å². The molecule has 0 saturated carbocycles. The van der Waals surface area contributed by atoms with E-state index in [2.05, 4.69) is 15.1 Å². The number of benzene rings is 2. The highest BCUT2D eigenvalue weighted by atomic mass is 35.5. The minimum atomic E-state index is -4.03. The fraction of sp³-hybridized carbons (Fsp3) is 0.190. The van der Waals surface area contributed by atoms with Crippen molar-refractivity contribution in [3.05, 3.63) is 75.5 Å². The third-order valence-corrected chi connectivity index (χ3v) is 7.42. The van der Waals surface area contributed by atoms with Gasteiger partial charge in [0.1, 0.15) is 5.75 Å². The van der Waals surface area contributed by atoms with Crippen molar-refractivity contribution < 1.29 is 13.2 Å². The van der Waals surface area contributed by atoms with Crippen LogP contribution in [0.2, 0.25) is 10.0 Å². The van der Waals surface area contributed by atoms with Gasteiger partial charge in [0.15, 0.2) is 0 Å². The summed E-state index contributed by atoms with van der Waals surface area (Å²) in [6.07, 6.45) is 0. The molecule has 2 aromatic heterocycles. The Labute approximate surface area is 195 Å². The first-order valence-corrected chi connectivity index (χ1v) is 11.7. The van der Waals surface area contributed by atoms with Gasteiger partial charge in [-0.15, -0.1) is 5.10 Å². The van der Waals surface area contributed by atoms with Crippen LogP contribution >= 0.6 is 23.2 Å². The molecule has 0 aliphatic heterocycles. The quantitative estimate of drug-likeness (QED) is 0.395. The van der Waals surface area contributed by atoms with Crippen LogP contribution in [0.3, 0.4) is 0 Å². The monoisotopic (exact) mass is 491 g/mol. The number of anilines is 1. The Morgan fingerprint density at radius 1 is 1.06 bits per heavy atom. The average Bonchev–Trinajstić information content (AvgIpc) is 3.19. The van der Waals surface area contributed by atoms with Crippen molar-refractivity contribution in [3.63, 3.8) is 0 Å². The Hall–Kier alpha value is -2.88.